The number of fused-ring (bicyclic) bond motifs is 1. The fraction of sp³-hybridized carbons (Fsp3) is 0.320. The van der Waals surface area contributed by atoms with E-state index < -0.39 is 0 Å². The Morgan fingerprint density at radius 3 is 2.45 bits per heavy atom. The van der Waals surface area contributed by atoms with Crippen molar-refractivity contribution in [3.8, 4) is 17.4 Å². The zero-order chi connectivity index (χ0) is 21.6. The summed E-state index contributed by atoms with van der Waals surface area (Å²) in [5, 5.41) is 3.80. The number of benzene rings is 2. The highest BCUT2D eigenvalue weighted by molar-refractivity contribution is 5.47. The first kappa shape index (κ1) is 21.2. The first-order chi connectivity index (χ1) is 15.2. The molecule has 1 aliphatic rings. The second kappa shape index (κ2) is 9.81. The molecule has 0 fully saturated rings. The Bertz CT molecular complexity index is 1010. The van der Waals surface area contributed by atoms with E-state index in [-0.39, 0.29) is 12.1 Å². The number of hydrogen-bond donors (Lipinski definition) is 1. The Labute approximate surface area is 183 Å². The molecule has 2 aromatic carbocycles. The number of rotatable bonds is 8. The predicted molar refractivity (Wildman–Crippen MR) is 119 cm³/mol. The van der Waals surface area contributed by atoms with Gasteiger partial charge in [-0.3, -0.25) is 5.32 Å². The van der Waals surface area contributed by atoms with E-state index in [2.05, 4.69) is 40.6 Å². The van der Waals surface area contributed by atoms with Gasteiger partial charge in [0, 0.05) is 24.9 Å². The molecule has 0 bridgehead atoms. The van der Waals surface area contributed by atoms with E-state index in [4.69, 9.17) is 18.9 Å². The second-order valence-electron chi connectivity index (χ2n) is 7.43. The molecule has 6 heteroatoms. The zero-order valence-corrected chi connectivity index (χ0v) is 18.1. The van der Waals surface area contributed by atoms with Gasteiger partial charge in [0.15, 0.2) is 0 Å². The van der Waals surface area contributed by atoms with Crippen LogP contribution >= 0.6 is 0 Å². The van der Waals surface area contributed by atoms with Crippen LogP contribution in [0.1, 0.15) is 34.3 Å². The summed E-state index contributed by atoms with van der Waals surface area (Å²) in [6, 6.07) is 18.6. The number of methoxy groups -OCH3 is 3. The third-order valence-electron chi connectivity index (χ3n) is 5.59. The van der Waals surface area contributed by atoms with E-state index in [1.54, 1.807) is 27.5 Å². The maximum absolute atomic E-state index is 5.72. The fourth-order valence-corrected chi connectivity index (χ4v) is 4.05. The summed E-state index contributed by atoms with van der Waals surface area (Å²) in [4.78, 5) is 4.39. The van der Waals surface area contributed by atoms with Crippen molar-refractivity contribution in [3.63, 3.8) is 0 Å². The van der Waals surface area contributed by atoms with Crippen LogP contribution in [0.2, 0.25) is 0 Å². The Morgan fingerprint density at radius 1 is 0.903 bits per heavy atom. The maximum atomic E-state index is 5.72. The number of nitrogens with zero attached hydrogens (tertiary/aromatic N) is 1. The number of aromatic nitrogens is 1. The molecular formula is C25H28N2O4. The van der Waals surface area contributed by atoms with Crippen LogP contribution in [0.3, 0.4) is 0 Å². The molecule has 3 aromatic rings. The number of ether oxygens (including phenoxy) is 4. The summed E-state index contributed by atoms with van der Waals surface area (Å²) < 4.78 is 21.8. The molecule has 0 saturated heterocycles. The molecule has 0 spiro atoms. The molecule has 4 rings (SSSR count). The van der Waals surface area contributed by atoms with Crippen LogP contribution in [0.5, 0.6) is 17.4 Å². The third kappa shape index (κ3) is 4.65. The summed E-state index contributed by atoms with van der Waals surface area (Å²) in [6.07, 6.45) is 2.57. The van der Waals surface area contributed by atoms with Gasteiger partial charge in [0.2, 0.25) is 5.88 Å². The zero-order valence-electron chi connectivity index (χ0n) is 18.1. The molecule has 162 valence electrons. The van der Waals surface area contributed by atoms with E-state index >= 15 is 0 Å². The molecule has 0 aliphatic carbocycles. The second-order valence-corrected chi connectivity index (χ2v) is 7.43. The largest absolute Gasteiger partial charge is 0.497 e. The summed E-state index contributed by atoms with van der Waals surface area (Å²) in [6.45, 7) is 1.10. The average molecular weight is 421 g/mol. The van der Waals surface area contributed by atoms with Crippen LogP contribution in [0.15, 0.2) is 60.8 Å². The lowest BCUT2D eigenvalue weighted by Crippen LogP contribution is -2.34. The molecule has 0 amide bonds. The van der Waals surface area contributed by atoms with Crippen molar-refractivity contribution in [2.75, 3.05) is 34.5 Å². The SMILES string of the molecule is COCCOc1ccc([C@@H]2N[C@H](c3cccnc3OC)Cc3cc(OC)ccc32)cc1. The molecule has 1 N–H and O–H groups in total. The van der Waals surface area contributed by atoms with Gasteiger partial charge in [-0.05, 0) is 53.4 Å². The molecule has 1 aliphatic heterocycles. The smallest absolute Gasteiger partial charge is 0.217 e. The first-order valence-electron chi connectivity index (χ1n) is 10.4. The van der Waals surface area contributed by atoms with E-state index in [1.807, 2.05) is 24.3 Å². The van der Waals surface area contributed by atoms with Crippen LogP contribution in [-0.4, -0.2) is 39.5 Å². The van der Waals surface area contributed by atoms with E-state index in [0.717, 1.165) is 29.0 Å². The van der Waals surface area contributed by atoms with Crippen LogP contribution < -0.4 is 19.5 Å². The number of hydrogen-bond acceptors (Lipinski definition) is 6. The summed E-state index contributed by atoms with van der Waals surface area (Å²) in [5.41, 5.74) is 4.70. The van der Waals surface area contributed by atoms with Crippen LogP contribution in [0.25, 0.3) is 0 Å². The summed E-state index contributed by atoms with van der Waals surface area (Å²) in [5.74, 6) is 2.34. The molecule has 31 heavy (non-hydrogen) atoms. The Morgan fingerprint density at radius 2 is 1.71 bits per heavy atom. The Hall–Kier alpha value is -3.09. The first-order valence-corrected chi connectivity index (χ1v) is 10.4. The number of pyridine rings is 1. The molecule has 0 radical (unpaired) electrons. The minimum atomic E-state index is 0.0255. The molecule has 2 atom stereocenters. The van der Waals surface area contributed by atoms with E-state index in [0.29, 0.717) is 19.1 Å². The minimum Gasteiger partial charge on any atom is -0.497 e. The summed E-state index contributed by atoms with van der Waals surface area (Å²) in [7, 11) is 5.02. The van der Waals surface area contributed by atoms with Crippen molar-refractivity contribution in [1.29, 1.82) is 0 Å². The van der Waals surface area contributed by atoms with Gasteiger partial charge >= 0.3 is 0 Å². The highest BCUT2D eigenvalue weighted by Gasteiger charge is 2.30. The van der Waals surface area contributed by atoms with Gasteiger partial charge in [0.05, 0.1) is 26.9 Å². The molecule has 6 nitrogen and oxygen atoms in total. The highest BCUT2D eigenvalue weighted by Crippen LogP contribution is 2.39. The van der Waals surface area contributed by atoms with E-state index in [9.17, 15) is 0 Å². The monoisotopic (exact) mass is 420 g/mol. The topological polar surface area (TPSA) is 61.8 Å². The molecular weight excluding hydrogens is 392 g/mol. The lowest BCUT2D eigenvalue weighted by molar-refractivity contribution is 0.146. The predicted octanol–water partition coefficient (Wildman–Crippen LogP) is 4.10. The van der Waals surface area contributed by atoms with Crippen molar-refractivity contribution in [1.82, 2.24) is 10.3 Å². The van der Waals surface area contributed by atoms with E-state index in [1.165, 1.54) is 11.1 Å². The van der Waals surface area contributed by atoms with Crippen molar-refractivity contribution in [2.24, 2.45) is 0 Å². The van der Waals surface area contributed by atoms with Gasteiger partial charge in [-0.15, -0.1) is 0 Å². The average Bonchev–Trinajstić information content (AvgIpc) is 2.83. The fourth-order valence-electron chi connectivity index (χ4n) is 4.05. The van der Waals surface area contributed by atoms with Crippen LogP contribution in [0, 0.1) is 0 Å². The maximum Gasteiger partial charge on any atom is 0.217 e. The standard InChI is InChI=1S/C25H28N2O4/c1-28-13-14-31-19-8-6-17(7-9-19)24-21-11-10-20(29-2)15-18(21)16-23(27-24)22-5-4-12-26-25(22)30-3/h4-12,15,23-24,27H,13-14,16H2,1-3H3/t23-,24-/m0/s1. The van der Waals surface area contributed by atoms with Crippen molar-refractivity contribution < 1.29 is 18.9 Å². The number of nitrogens with one attached hydrogen (secondary N) is 1. The highest BCUT2D eigenvalue weighted by atomic mass is 16.5. The van der Waals surface area contributed by atoms with Gasteiger partial charge in [-0.25, -0.2) is 4.98 Å². The van der Waals surface area contributed by atoms with Crippen LogP contribution in [0.4, 0.5) is 0 Å². The Balaban J connectivity index is 1.67. The molecule has 2 heterocycles. The van der Waals surface area contributed by atoms with Gasteiger partial charge in [-0.2, -0.15) is 0 Å². The quantitative estimate of drug-likeness (QED) is 0.554. The molecule has 0 saturated carbocycles. The van der Waals surface area contributed by atoms with Gasteiger partial charge < -0.3 is 18.9 Å². The minimum absolute atomic E-state index is 0.0255. The lowest BCUT2D eigenvalue weighted by atomic mass is 9.84. The van der Waals surface area contributed by atoms with Crippen LogP contribution in [-0.2, 0) is 11.2 Å². The van der Waals surface area contributed by atoms with Crippen molar-refractivity contribution in [3.05, 3.63) is 83.0 Å². The third-order valence-corrected chi connectivity index (χ3v) is 5.59. The summed E-state index contributed by atoms with van der Waals surface area (Å²) >= 11 is 0. The van der Waals surface area contributed by atoms with Crippen molar-refractivity contribution in [2.45, 2.75) is 18.5 Å². The Kier molecular flexibility index (Phi) is 6.70. The molecule has 1 aromatic heterocycles. The molecule has 0 unspecified atom stereocenters. The van der Waals surface area contributed by atoms with Gasteiger partial charge in [0.1, 0.15) is 18.1 Å². The van der Waals surface area contributed by atoms with Crippen molar-refractivity contribution >= 4 is 0 Å². The van der Waals surface area contributed by atoms with Gasteiger partial charge in [-0.1, -0.05) is 24.3 Å². The lowest BCUT2D eigenvalue weighted by Gasteiger charge is -2.34. The normalized spacial score (nSPS) is 17.6. The van der Waals surface area contributed by atoms with Gasteiger partial charge in [0.25, 0.3) is 0 Å².